The Balaban J connectivity index is 2.10. The quantitative estimate of drug-likeness (QED) is 0.735. The third-order valence-electron chi connectivity index (χ3n) is 5.08. The monoisotopic (exact) mass is 298 g/mol. The van der Waals surface area contributed by atoms with Gasteiger partial charge in [-0.15, -0.1) is 0 Å². The molecule has 2 rings (SSSR count). The topological polar surface area (TPSA) is 89.9 Å². The maximum absolute atomic E-state index is 12.5. The van der Waals surface area contributed by atoms with E-state index in [9.17, 15) is 19.8 Å². The molecule has 0 aromatic carbocycles. The number of carboxylic acids is 1. The number of likely N-dealkylation sites (tertiary alicyclic amines) is 1. The van der Waals surface area contributed by atoms with Crippen molar-refractivity contribution in [2.45, 2.75) is 57.5 Å². The number of rotatable bonds is 3. The summed E-state index contributed by atoms with van der Waals surface area (Å²) < 4.78 is 0. The smallest absolute Gasteiger partial charge is 0.329 e. The average molecular weight is 298 g/mol. The first-order chi connectivity index (χ1) is 9.89. The van der Waals surface area contributed by atoms with E-state index in [0.717, 1.165) is 19.3 Å². The number of carboxylic acid groups (broad SMARTS) is 1. The first-order valence-corrected chi connectivity index (χ1v) is 7.82. The summed E-state index contributed by atoms with van der Waals surface area (Å²) in [6.07, 6.45) is 3.61. The molecule has 120 valence electrons. The van der Waals surface area contributed by atoms with Crippen LogP contribution in [0.15, 0.2) is 0 Å². The van der Waals surface area contributed by atoms with E-state index >= 15 is 0 Å². The maximum Gasteiger partial charge on any atom is 0.329 e. The van der Waals surface area contributed by atoms with Crippen LogP contribution in [0.5, 0.6) is 0 Å². The minimum atomic E-state index is -1.15. The van der Waals surface area contributed by atoms with Gasteiger partial charge in [-0.3, -0.25) is 0 Å². The fourth-order valence-corrected chi connectivity index (χ4v) is 3.73. The van der Waals surface area contributed by atoms with Gasteiger partial charge in [0, 0.05) is 6.54 Å². The number of hydrogen-bond acceptors (Lipinski definition) is 3. The van der Waals surface area contributed by atoms with Gasteiger partial charge >= 0.3 is 12.0 Å². The zero-order valence-corrected chi connectivity index (χ0v) is 12.8. The van der Waals surface area contributed by atoms with Crippen LogP contribution in [0.4, 0.5) is 4.79 Å². The lowest BCUT2D eigenvalue weighted by molar-refractivity contribution is -0.146. The summed E-state index contributed by atoms with van der Waals surface area (Å²) in [7, 11) is 0. The van der Waals surface area contributed by atoms with E-state index in [4.69, 9.17) is 0 Å². The predicted molar refractivity (Wildman–Crippen MR) is 77.9 cm³/mol. The van der Waals surface area contributed by atoms with Gasteiger partial charge in [0.15, 0.2) is 0 Å². The van der Waals surface area contributed by atoms with E-state index in [0.29, 0.717) is 25.3 Å². The third kappa shape index (κ3) is 3.15. The van der Waals surface area contributed by atoms with Crippen LogP contribution in [-0.2, 0) is 4.79 Å². The molecular formula is C15H26N2O4. The molecule has 6 heteroatoms. The Morgan fingerprint density at radius 2 is 2.05 bits per heavy atom. The number of hydrogen-bond donors (Lipinski definition) is 3. The number of aliphatic hydroxyl groups excluding tert-OH is 1. The van der Waals surface area contributed by atoms with Crippen molar-refractivity contribution in [3.05, 3.63) is 0 Å². The molecule has 0 bridgehead atoms. The summed E-state index contributed by atoms with van der Waals surface area (Å²) in [5, 5.41) is 21.8. The zero-order chi connectivity index (χ0) is 15.6. The first-order valence-electron chi connectivity index (χ1n) is 7.82. The van der Waals surface area contributed by atoms with Crippen LogP contribution in [-0.4, -0.2) is 51.8 Å². The van der Waals surface area contributed by atoms with E-state index in [-0.39, 0.29) is 24.6 Å². The van der Waals surface area contributed by atoms with Gasteiger partial charge in [-0.05, 0) is 31.1 Å². The number of aliphatic carboxylic acids is 1. The molecular weight excluding hydrogens is 272 g/mol. The van der Waals surface area contributed by atoms with Crippen molar-refractivity contribution in [3.63, 3.8) is 0 Å². The second kappa shape index (κ2) is 6.22. The van der Waals surface area contributed by atoms with Crippen molar-refractivity contribution in [3.8, 4) is 0 Å². The van der Waals surface area contributed by atoms with Gasteiger partial charge in [0.1, 0.15) is 5.54 Å². The highest BCUT2D eigenvalue weighted by Crippen LogP contribution is 2.33. The van der Waals surface area contributed by atoms with Gasteiger partial charge in [0.2, 0.25) is 0 Å². The number of carbonyl (C=O) groups excluding carboxylic acids is 1. The second-order valence-corrected chi connectivity index (χ2v) is 6.73. The molecule has 2 amide bonds. The minimum absolute atomic E-state index is 0.0783. The van der Waals surface area contributed by atoms with E-state index < -0.39 is 11.5 Å². The number of nitrogens with zero attached hydrogens (tertiary/aromatic N) is 1. The van der Waals surface area contributed by atoms with Crippen LogP contribution in [0.2, 0.25) is 0 Å². The van der Waals surface area contributed by atoms with Crippen molar-refractivity contribution >= 4 is 12.0 Å². The molecule has 0 spiro atoms. The summed E-state index contributed by atoms with van der Waals surface area (Å²) in [6, 6.07) is -0.563. The lowest BCUT2D eigenvalue weighted by Crippen LogP contribution is -2.60. The number of urea groups is 1. The summed E-state index contributed by atoms with van der Waals surface area (Å²) in [5.74, 6) is -0.414. The van der Waals surface area contributed by atoms with Gasteiger partial charge in [-0.1, -0.05) is 26.7 Å². The minimum Gasteiger partial charge on any atom is -0.480 e. The molecule has 6 nitrogen and oxygen atoms in total. The molecule has 1 saturated carbocycles. The largest absolute Gasteiger partial charge is 0.480 e. The Labute approximate surface area is 125 Å². The van der Waals surface area contributed by atoms with Gasteiger partial charge < -0.3 is 20.4 Å². The number of aliphatic hydroxyl groups is 1. The molecule has 0 radical (unpaired) electrons. The number of carbonyl (C=O) groups is 2. The van der Waals surface area contributed by atoms with E-state index in [1.54, 1.807) is 4.90 Å². The highest BCUT2D eigenvalue weighted by atomic mass is 16.4. The molecule has 1 aliphatic heterocycles. The van der Waals surface area contributed by atoms with E-state index in [2.05, 4.69) is 5.32 Å². The van der Waals surface area contributed by atoms with Gasteiger partial charge in [-0.25, -0.2) is 9.59 Å². The van der Waals surface area contributed by atoms with Crippen molar-refractivity contribution < 1.29 is 19.8 Å². The Morgan fingerprint density at radius 3 is 2.62 bits per heavy atom. The summed E-state index contributed by atoms with van der Waals surface area (Å²) in [6.45, 7) is 4.52. The van der Waals surface area contributed by atoms with Crippen molar-refractivity contribution in [1.29, 1.82) is 0 Å². The van der Waals surface area contributed by atoms with E-state index in [1.807, 2.05) is 13.8 Å². The molecule has 0 aromatic heterocycles. The highest BCUT2D eigenvalue weighted by molar-refractivity contribution is 5.86. The molecule has 1 aliphatic carbocycles. The molecule has 2 fully saturated rings. The maximum atomic E-state index is 12.5. The van der Waals surface area contributed by atoms with Gasteiger partial charge in [0.05, 0.1) is 12.6 Å². The van der Waals surface area contributed by atoms with Crippen LogP contribution in [0.1, 0.15) is 46.0 Å². The fourth-order valence-electron chi connectivity index (χ4n) is 3.73. The SMILES string of the molecule is CC1CCCC(NC(=O)N2CCC(C)C2CO)(C(=O)O)C1. The second-order valence-electron chi connectivity index (χ2n) is 6.73. The molecule has 21 heavy (non-hydrogen) atoms. The summed E-state index contributed by atoms with van der Waals surface area (Å²) >= 11 is 0. The van der Waals surface area contributed by atoms with Crippen LogP contribution in [0.25, 0.3) is 0 Å². The Bertz CT molecular complexity index is 414. The predicted octanol–water partition coefficient (Wildman–Crippen LogP) is 1.43. The van der Waals surface area contributed by atoms with Crippen LogP contribution >= 0.6 is 0 Å². The number of nitrogens with one attached hydrogen (secondary N) is 1. The van der Waals surface area contributed by atoms with Gasteiger partial charge in [-0.2, -0.15) is 0 Å². The Hall–Kier alpha value is -1.30. The average Bonchev–Trinajstić information content (AvgIpc) is 2.79. The lowest BCUT2D eigenvalue weighted by Gasteiger charge is -2.39. The molecule has 0 aromatic rings. The molecule has 4 unspecified atom stereocenters. The fraction of sp³-hybridized carbons (Fsp3) is 0.867. The standard InChI is InChI=1S/C15H26N2O4/c1-10-4-3-6-15(8-10,13(19)20)16-14(21)17-7-5-11(2)12(17)9-18/h10-12,18H,3-9H2,1-2H3,(H,16,21)(H,19,20). The molecule has 2 aliphatic rings. The van der Waals surface area contributed by atoms with Crippen LogP contribution in [0.3, 0.4) is 0 Å². The molecule has 1 heterocycles. The highest BCUT2D eigenvalue weighted by Gasteiger charge is 2.45. The third-order valence-corrected chi connectivity index (χ3v) is 5.08. The summed E-state index contributed by atoms with van der Waals surface area (Å²) in [5.41, 5.74) is -1.15. The van der Waals surface area contributed by atoms with Crippen LogP contribution in [0, 0.1) is 11.8 Å². The molecule has 3 N–H and O–H groups in total. The van der Waals surface area contributed by atoms with E-state index in [1.165, 1.54) is 0 Å². The van der Waals surface area contributed by atoms with Crippen molar-refractivity contribution in [2.24, 2.45) is 11.8 Å². The van der Waals surface area contributed by atoms with Crippen molar-refractivity contribution in [1.82, 2.24) is 10.2 Å². The first kappa shape index (κ1) is 16.1. The molecule has 4 atom stereocenters. The number of amides is 2. The summed E-state index contributed by atoms with van der Waals surface area (Å²) in [4.78, 5) is 25.8. The normalized spacial score (nSPS) is 36.5. The lowest BCUT2D eigenvalue weighted by atomic mass is 9.76. The molecule has 1 saturated heterocycles. The van der Waals surface area contributed by atoms with Crippen molar-refractivity contribution in [2.75, 3.05) is 13.2 Å². The van der Waals surface area contributed by atoms with Gasteiger partial charge in [0.25, 0.3) is 0 Å². The Kier molecular flexibility index (Phi) is 4.76. The van der Waals surface area contributed by atoms with Crippen LogP contribution < -0.4 is 5.32 Å². The Morgan fingerprint density at radius 1 is 1.33 bits per heavy atom. The zero-order valence-electron chi connectivity index (χ0n) is 12.8.